The first-order valence-corrected chi connectivity index (χ1v) is 6.01. The zero-order valence-corrected chi connectivity index (χ0v) is 11.3. The fourth-order valence-electron chi connectivity index (χ4n) is 1.53. The average molecular weight is 298 g/mol. The highest BCUT2D eigenvalue weighted by atomic mass is 79.9. The second kappa shape index (κ2) is 4.52. The van der Waals surface area contributed by atoms with Crippen LogP contribution in [0.3, 0.4) is 0 Å². The topological polar surface area (TPSA) is 25.8 Å². The molecule has 0 aliphatic rings. The van der Waals surface area contributed by atoms with Crippen LogP contribution in [-0.2, 0) is 0 Å². The van der Waals surface area contributed by atoms with Crippen molar-refractivity contribution in [2.24, 2.45) is 0 Å². The molecule has 0 radical (unpaired) electrons. The van der Waals surface area contributed by atoms with Gasteiger partial charge in [0.05, 0.1) is 0 Å². The largest absolute Gasteiger partial charge is 0.233 e. The minimum absolute atomic E-state index is 0.477. The van der Waals surface area contributed by atoms with Crippen LogP contribution in [0, 0.1) is 13.8 Å². The molecule has 0 fully saturated rings. The van der Waals surface area contributed by atoms with E-state index >= 15 is 0 Å². The van der Waals surface area contributed by atoms with Crippen molar-refractivity contribution in [2.45, 2.75) is 13.8 Å². The van der Waals surface area contributed by atoms with Crippen LogP contribution in [0.4, 0.5) is 0 Å². The number of rotatable bonds is 1. The normalized spacial score (nSPS) is 10.5. The highest BCUT2D eigenvalue weighted by Crippen LogP contribution is 2.24. The molecule has 82 valence electrons. The smallest absolute Gasteiger partial charge is 0.161 e. The predicted molar refractivity (Wildman–Crippen MR) is 69.7 cm³/mol. The molecule has 0 N–H and O–H groups in total. The molecule has 0 bridgehead atoms. The van der Waals surface area contributed by atoms with E-state index in [9.17, 15) is 0 Å². The number of nitrogens with zero attached hydrogens (tertiary/aromatic N) is 2. The van der Waals surface area contributed by atoms with Gasteiger partial charge in [-0.3, -0.25) is 0 Å². The van der Waals surface area contributed by atoms with Crippen molar-refractivity contribution in [1.29, 1.82) is 0 Å². The summed E-state index contributed by atoms with van der Waals surface area (Å²) in [6.07, 6.45) is 0. The van der Waals surface area contributed by atoms with E-state index in [-0.39, 0.29) is 0 Å². The second-order valence-electron chi connectivity index (χ2n) is 3.61. The predicted octanol–water partition coefficient (Wildman–Crippen LogP) is 4.18. The molecule has 2 nitrogen and oxygen atoms in total. The van der Waals surface area contributed by atoms with Gasteiger partial charge in [0.2, 0.25) is 0 Å². The SMILES string of the molecule is Cc1cc(Cl)nc(-c2ccc(Br)cc2C)n1. The van der Waals surface area contributed by atoms with E-state index in [1.165, 1.54) is 0 Å². The van der Waals surface area contributed by atoms with Crippen LogP contribution in [0.1, 0.15) is 11.3 Å². The maximum absolute atomic E-state index is 5.92. The minimum Gasteiger partial charge on any atom is -0.233 e. The fourth-order valence-corrected chi connectivity index (χ4v) is 2.24. The van der Waals surface area contributed by atoms with Crippen molar-refractivity contribution in [2.75, 3.05) is 0 Å². The Morgan fingerprint density at radius 2 is 1.88 bits per heavy atom. The van der Waals surface area contributed by atoms with E-state index in [1.807, 2.05) is 32.0 Å². The molecular weight excluding hydrogens is 288 g/mol. The van der Waals surface area contributed by atoms with E-state index in [4.69, 9.17) is 11.6 Å². The first kappa shape index (κ1) is 11.6. The van der Waals surface area contributed by atoms with Gasteiger partial charge in [-0.2, -0.15) is 0 Å². The molecule has 0 saturated heterocycles. The molecule has 0 saturated carbocycles. The van der Waals surface area contributed by atoms with Crippen molar-refractivity contribution in [3.8, 4) is 11.4 Å². The van der Waals surface area contributed by atoms with E-state index in [0.29, 0.717) is 11.0 Å². The third-order valence-electron chi connectivity index (χ3n) is 2.25. The van der Waals surface area contributed by atoms with Crippen molar-refractivity contribution in [3.05, 3.63) is 45.1 Å². The Bertz CT molecular complexity index is 520. The van der Waals surface area contributed by atoms with Gasteiger partial charge < -0.3 is 0 Å². The minimum atomic E-state index is 0.477. The Balaban J connectivity index is 2.58. The Morgan fingerprint density at radius 1 is 1.12 bits per heavy atom. The molecule has 0 aliphatic carbocycles. The lowest BCUT2D eigenvalue weighted by Gasteiger charge is -2.06. The number of aryl methyl sites for hydroxylation is 2. The second-order valence-corrected chi connectivity index (χ2v) is 4.92. The van der Waals surface area contributed by atoms with E-state index < -0.39 is 0 Å². The molecule has 4 heteroatoms. The Morgan fingerprint density at radius 3 is 2.50 bits per heavy atom. The van der Waals surface area contributed by atoms with E-state index in [0.717, 1.165) is 21.3 Å². The average Bonchev–Trinajstić information content (AvgIpc) is 2.15. The first-order valence-electron chi connectivity index (χ1n) is 4.84. The summed E-state index contributed by atoms with van der Waals surface area (Å²) in [6.45, 7) is 3.94. The number of aromatic nitrogens is 2. The summed E-state index contributed by atoms with van der Waals surface area (Å²) in [5.74, 6) is 0.676. The summed E-state index contributed by atoms with van der Waals surface area (Å²) in [5, 5.41) is 0.477. The van der Waals surface area contributed by atoms with Crippen molar-refractivity contribution >= 4 is 27.5 Å². The third-order valence-corrected chi connectivity index (χ3v) is 2.94. The van der Waals surface area contributed by atoms with Crippen LogP contribution in [0.15, 0.2) is 28.7 Å². The lowest BCUT2D eigenvalue weighted by Crippen LogP contribution is -1.94. The molecular formula is C12H10BrClN2. The Kier molecular flexibility index (Phi) is 3.26. The summed E-state index contributed by atoms with van der Waals surface area (Å²) in [6, 6.07) is 7.75. The molecule has 1 heterocycles. The van der Waals surface area contributed by atoms with Crippen LogP contribution < -0.4 is 0 Å². The van der Waals surface area contributed by atoms with Crippen LogP contribution >= 0.6 is 27.5 Å². The molecule has 2 rings (SSSR count). The maximum Gasteiger partial charge on any atom is 0.161 e. The quantitative estimate of drug-likeness (QED) is 0.738. The summed E-state index contributed by atoms with van der Waals surface area (Å²) in [7, 11) is 0. The molecule has 1 aromatic carbocycles. The number of hydrogen-bond donors (Lipinski definition) is 0. The number of hydrogen-bond acceptors (Lipinski definition) is 2. The van der Waals surface area contributed by atoms with Gasteiger partial charge in [0.1, 0.15) is 5.15 Å². The van der Waals surface area contributed by atoms with Gasteiger partial charge in [-0.05, 0) is 43.7 Å². The zero-order valence-electron chi connectivity index (χ0n) is 8.96. The molecule has 0 amide bonds. The summed E-state index contributed by atoms with van der Waals surface area (Å²) in [4.78, 5) is 8.62. The highest BCUT2D eigenvalue weighted by molar-refractivity contribution is 9.10. The zero-order chi connectivity index (χ0) is 11.7. The van der Waals surface area contributed by atoms with Gasteiger partial charge >= 0.3 is 0 Å². The summed E-state index contributed by atoms with van der Waals surface area (Å²) in [5.41, 5.74) is 3.00. The lowest BCUT2D eigenvalue weighted by molar-refractivity contribution is 1.11. The van der Waals surface area contributed by atoms with Crippen molar-refractivity contribution in [3.63, 3.8) is 0 Å². The summed E-state index contributed by atoms with van der Waals surface area (Å²) < 4.78 is 1.05. The van der Waals surface area contributed by atoms with Crippen LogP contribution in [0.5, 0.6) is 0 Å². The molecule has 0 spiro atoms. The molecule has 2 aromatic rings. The standard InChI is InChI=1S/C12H10BrClN2/c1-7-5-9(13)3-4-10(7)12-15-8(2)6-11(14)16-12/h3-6H,1-2H3. The van der Waals surface area contributed by atoms with Crippen molar-refractivity contribution in [1.82, 2.24) is 9.97 Å². The highest BCUT2D eigenvalue weighted by Gasteiger charge is 2.07. The van der Waals surface area contributed by atoms with Gasteiger partial charge in [-0.1, -0.05) is 27.5 Å². The molecule has 1 aromatic heterocycles. The van der Waals surface area contributed by atoms with Crippen molar-refractivity contribution < 1.29 is 0 Å². The van der Waals surface area contributed by atoms with Gasteiger partial charge in [0.25, 0.3) is 0 Å². The molecule has 16 heavy (non-hydrogen) atoms. The lowest BCUT2D eigenvalue weighted by atomic mass is 10.1. The number of benzene rings is 1. The first-order chi connectivity index (χ1) is 7.56. The fraction of sp³-hybridized carbons (Fsp3) is 0.167. The van der Waals surface area contributed by atoms with Gasteiger partial charge in [0.15, 0.2) is 5.82 Å². The van der Waals surface area contributed by atoms with Gasteiger partial charge in [0, 0.05) is 15.7 Å². The molecule has 0 atom stereocenters. The van der Waals surface area contributed by atoms with E-state index in [1.54, 1.807) is 6.07 Å². The van der Waals surface area contributed by atoms with Crippen LogP contribution in [0.2, 0.25) is 5.15 Å². The Hall–Kier alpha value is -0.930. The van der Waals surface area contributed by atoms with E-state index in [2.05, 4.69) is 25.9 Å². The molecule has 0 unspecified atom stereocenters. The third kappa shape index (κ3) is 2.42. The van der Waals surface area contributed by atoms with Crippen LogP contribution in [-0.4, -0.2) is 9.97 Å². The Labute approximate surface area is 108 Å². The van der Waals surface area contributed by atoms with Gasteiger partial charge in [-0.25, -0.2) is 9.97 Å². The monoisotopic (exact) mass is 296 g/mol. The number of halogens is 2. The molecule has 0 aliphatic heterocycles. The van der Waals surface area contributed by atoms with Gasteiger partial charge in [-0.15, -0.1) is 0 Å². The summed E-state index contributed by atoms with van der Waals surface area (Å²) >= 11 is 9.35. The van der Waals surface area contributed by atoms with Crippen LogP contribution in [0.25, 0.3) is 11.4 Å². The maximum atomic E-state index is 5.92.